The van der Waals surface area contributed by atoms with Crippen LogP contribution in [-0.2, 0) is 0 Å². The first-order chi connectivity index (χ1) is 10.1. The molecule has 6 nitrogen and oxygen atoms in total. The summed E-state index contributed by atoms with van der Waals surface area (Å²) in [7, 11) is 0. The molecule has 108 valence electrons. The Labute approximate surface area is 126 Å². The van der Waals surface area contributed by atoms with Crippen LogP contribution in [0.4, 0.5) is 5.69 Å². The topological polar surface area (TPSA) is 68.5 Å². The highest BCUT2D eigenvalue weighted by atomic mass is 32.1. The molecule has 0 saturated heterocycles. The van der Waals surface area contributed by atoms with Gasteiger partial charge in [-0.2, -0.15) is 0 Å². The molecule has 1 N–H and O–H groups in total. The van der Waals surface area contributed by atoms with E-state index in [9.17, 15) is 0 Å². The number of aryl methyl sites for hydroxylation is 2. The summed E-state index contributed by atoms with van der Waals surface area (Å²) in [6.45, 7) is 6.15. The van der Waals surface area contributed by atoms with E-state index in [1.54, 1.807) is 22.3 Å². The fourth-order valence-corrected chi connectivity index (χ4v) is 2.83. The summed E-state index contributed by atoms with van der Waals surface area (Å²) in [4.78, 5) is 4.52. The van der Waals surface area contributed by atoms with Crippen LogP contribution in [0.15, 0.2) is 29.9 Å². The van der Waals surface area contributed by atoms with Crippen molar-refractivity contribution in [1.82, 2.24) is 25.2 Å². The van der Waals surface area contributed by atoms with Crippen LogP contribution >= 0.6 is 11.3 Å². The standard InChI is InChI=1S/C14H16N6S/c1-9-4-5-12(6-14(9)20-8-15-18-19-20)16-10(2)13-7-21-11(3)17-13/h4-8,10,16H,1-3H3. The number of nitrogens with zero attached hydrogens (tertiary/aromatic N) is 5. The van der Waals surface area contributed by atoms with Crippen molar-refractivity contribution in [3.63, 3.8) is 0 Å². The lowest BCUT2D eigenvalue weighted by molar-refractivity contribution is 0.784. The second kappa shape index (κ2) is 5.61. The van der Waals surface area contributed by atoms with Gasteiger partial charge in [0.25, 0.3) is 0 Å². The van der Waals surface area contributed by atoms with Gasteiger partial charge in [0.2, 0.25) is 0 Å². The number of thiazole rings is 1. The van der Waals surface area contributed by atoms with Gasteiger partial charge in [0.05, 0.1) is 22.4 Å². The van der Waals surface area contributed by atoms with Crippen molar-refractivity contribution in [2.75, 3.05) is 5.32 Å². The Balaban J connectivity index is 1.85. The largest absolute Gasteiger partial charge is 0.377 e. The zero-order valence-corrected chi connectivity index (χ0v) is 12.9. The molecule has 0 radical (unpaired) electrons. The molecule has 0 aliphatic carbocycles. The summed E-state index contributed by atoms with van der Waals surface area (Å²) >= 11 is 1.67. The van der Waals surface area contributed by atoms with Crippen molar-refractivity contribution >= 4 is 17.0 Å². The molecular weight excluding hydrogens is 284 g/mol. The maximum Gasteiger partial charge on any atom is 0.143 e. The molecule has 7 heteroatoms. The van der Waals surface area contributed by atoms with E-state index in [1.165, 1.54) is 0 Å². The Morgan fingerprint density at radius 3 is 2.81 bits per heavy atom. The number of tetrazole rings is 1. The van der Waals surface area contributed by atoms with Gasteiger partial charge in [0.15, 0.2) is 0 Å². The van der Waals surface area contributed by atoms with Crippen LogP contribution in [0, 0.1) is 13.8 Å². The second-order valence-corrected chi connectivity index (χ2v) is 5.98. The number of benzene rings is 1. The number of rotatable bonds is 4. The van der Waals surface area contributed by atoms with Gasteiger partial charge in [-0.25, -0.2) is 9.67 Å². The van der Waals surface area contributed by atoms with E-state index in [4.69, 9.17) is 0 Å². The van der Waals surface area contributed by atoms with Gasteiger partial charge in [-0.05, 0) is 48.9 Å². The SMILES string of the molecule is Cc1nc(C(C)Nc2ccc(C)c(-n3cnnn3)c2)cs1. The minimum absolute atomic E-state index is 0.152. The van der Waals surface area contributed by atoms with Gasteiger partial charge in [0, 0.05) is 11.1 Å². The first kappa shape index (κ1) is 13.7. The fourth-order valence-electron chi connectivity index (χ4n) is 2.12. The molecule has 0 bridgehead atoms. The summed E-state index contributed by atoms with van der Waals surface area (Å²) in [6, 6.07) is 6.30. The third kappa shape index (κ3) is 2.92. The van der Waals surface area contributed by atoms with Crippen LogP contribution in [0.25, 0.3) is 5.69 Å². The number of aromatic nitrogens is 5. The average Bonchev–Trinajstić information content (AvgIpc) is 3.12. The molecule has 1 unspecified atom stereocenters. The minimum atomic E-state index is 0.152. The van der Waals surface area contributed by atoms with E-state index in [-0.39, 0.29) is 6.04 Å². The number of anilines is 1. The monoisotopic (exact) mass is 300 g/mol. The molecule has 3 aromatic rings. The number of hydrogen-bond donors (Lipinski definition) is 1. The molecule has 0 amide bonds. The van der Waals surface area contributed by atoms with Crippen molar-refractivity contribution in [1.29, 1.82) is 0 Å². The van der Waals surface area contributed by atoms with Crippen LogP contribution in [0.2, 0.25) is 0 Å². The lowest BCUT2D eigenvalue weighted by Crippen LogP contribution is -2.08. The van der Waals surface area contributed by atoms with E-state index in [2.05, 4.69) is 50.3 Å². The van der Waals surface area contributed by atoms with Crippen LogP contribution in [0.3, 0.4) is 0 Å². The molecule has 1 aromatic carbocycles. The first-order valence-electron chi connectivity index (χ1n) is 6.66. The Morgan fingerprint density at radius 1 is 1.29 bits per heavy atom. The predicted molar refractivity (Wildman–Crippen MR) is 82.8 cm³/mol. The van der Waals surface area contributed by atoms with Crippen molar-refractivity contribution < 1.29 is 0 Å². The highest BCUT2D eigenvalue weighted by Gasteiger charge is 2.10. The molecule has 1 atom stereocenters. The molecular formula is C14H16N6S. The Kier molecular flexibility index (Phi) is 3.66. The molecule has 0 spiro atoms. The highest BCUT2D eigenvalue weighted by Crippen LogP contribution is 2.23. The maximum absolute atomic E-state index is 4.52. The van der Waals surface area contributed by atoms with Gasteiger partial charge >= 0.3 is 0 Å². The van der Waals surface area contributed by atoms with Crippen molar-refractivity contribution in [3.8, 4) is 5.69 Å². The maximum atomic E-state index is 4.52. The Bertz CT molecular complexity index is 734. The third-order valence-electron chi connectivity index (χ3n) is 3.27. The summed E-state index contributed by atoms with van der Waals surface area (Å²) in [5.41, 5.74) is 4.16. The number of nitrogens with one attached hydrogen (secondary N) is 1. The zero-order chi connectivity index (χ0) is 14.8. The van der Waals surface area contributed by atoms with E-state index in [0.29, 0.717) is 0 Å². The summed E-state index contributed by atoms with van der Waals surface area (Å²) in [5.74, 6) is 0. The van der Waals surface area contributed by atoms with E-state index >= 15 is 0 Å². The summed E-state index contributed by atoms with van der Waals surface area (Å²) in [6.07, 6.45) is 1.60. The van der Waals surface area contributed by atoms with Crippen molar-refractivity contribution in [2.45, 2.75) is 26.8 Å². The minimum Gasteiger partial charge on any atom is -0.377 e. The zero-order valence-electron chi connectivity index (χ0n) is 12.1. The van der Waals surface area contributed by atoms with Gasteiger partial charge in [0.1, 0.15) is 6.33 Å². The normalized spacial score (nSPS) is 12.3. The van der Waals surface area contributed by atoms with Crippen LogP contribution in [0.1, 0.15) is 29.2 Å². The molecule has 2 heterocycles. The molecule has 3 rings (SSSR count). The molecule has 0 aliphatic rings. The van der Waals surface area contributed by atoms with Gasteiger partial charge in [-0.3, -0.25) is 0 Å². The van der Waals surface area contributed by atoms with Crippen molar-refractivity contribution in [2.24, 2.45) is 0 Å². The van der Waals surface area contributed by atoms with Gasteiger partial charge in [-0.15, -0.1) is 16.4 Å². The van der Waals surface area contributed by atoms with E-state index in [0.717, 1.165) is 27.6 Å². The molecule has 21 heavy (non-hydrogen) atoms. The molecule has 0 saturated carbocycles. The highest BCUT2D eigenvalue weighted by molar-refractivity contribution is 7.09. The van der Waals surface area contributed by atoms with E-state index in [1.807, 2.05) is 19.9 Å². The first-order valence-corrected chi connectivity index (χ1v) is 7.54. The average molecular weight is 300 g/mol. The van der Waals surface area contributed by atoms with Crippen molar-refractivity contribution in [3.05, 3.63) is 46.2 Å². The molecule has 0 fully saturated rings. The van der Waals surface area contributed by atoms with E-state index < -0.39 is 0 Å². The predicted octanol–water partition coefficient (Wildman–Crippen LogP) is 2.91. The van der Waals surface area contributed by atoms with Gasteiger partial charge in [-0.1, -0.05) is 6.07 Å². The lowest BCUT2D eigenvalue weighted by Gasteiger charge is -2.15. The Morgan fingerprint density at radius 2 is 2.14 bits per heavy atom. The quantitative estimate of drug-likeness (QED) is 0.802. The molecule has 0 aliphatic heterocycles. The lowest BCUT2D eigenvalue weighted by atomic mass is 10.1. The summed E-state index contributed by atoms with van der Waals surface area (Å²) in [5, 5.41) is 17.9. The second-order valence-electron chi connectivity index (χ2n) is 4.91. The summed E-state index contributed by atoms with van der Waals surface area (Å²) < 4.78 is 1.66. The smallest absolute Gasteiger partial charge is 0.143 e. The fraction of sp³-hybridized carbons (Fsp3) is 0.286. The van der Waals surface area contributed by atoms with Crippen LogP contribution in [-0.4, -0.2) is 25.2 Å². The molecule has 2 aromatic heterocycles. The van der Waals surface area contributed by atoms with Gasteiger partial charge < -0.3 is 5.32 Å². The number of hydrogen-bond acceptors (Lipinski definition) is 6. The third-order valence-corrected chi connectivity index (χ3v) is 4.06. The van der Waals surface area contributed by atoms with Crippen LogP contribution in [0.5, 0.6) is 0 Å². The Hall–Kier alpha value is -2.28. The van der Waals surface area contributed by atoms with Crippen LogP contribution < -0.4 is 5.32 Å².